The van der Waals surface area contributed by atoms with Gasteiger partial charge in [0.15, 0.2) is 0 Å². The zero-order chi connectivity index (χ0) is 38.1. The fourth-order valence-corrected chi connectivity index (χ4v) is 10.0. The van der Waals surface area contributed by atoms with Crippen LogP contribution in [0, 0.1) is 11.3 Å². The maximum absolute atomic E-state index is 13.8. The first-order valence-corrected chi connectivity index (χ1v) is 19.9. The maximum atomic E-state index is 13.8. The number of fused-ring (bicyclic) bond motifs is 11. The molecule has 9 rings (SSSR count). The van der Waals surface area contributed by atoms with Crippen LogP contribution in [-0.2, 0) is 34.8 Å². The van der Waals surface area contributed by atoms with Crippen molar-refractivity contribution in [3.8, 4) is 11.8 Å². The van der Waals surface area contributed by atoms with Gasteiger partial charge in [-0.15, -0.1) is 0 Å². The average Bonchev–Trinajstić information content (AvgIpc) is 3.75. The molecule has 0 aliphatic carbocycles. The van der Waals surface area contributed by atoms with Crippen molar-refractivity contribution in [2.75, 3.05) is 0 Å². The van der Waals surface area contributed by atoms with Crippen LogP contribution in [0.3, 0.4) is 0 Å². The van der Waals surface area contributed by atoms with Crippen molar-refractivity contribution in [1.29, 1.82) is 5.26 Å². The zero-order valence-corrected chi connectivity index (χ0v) is 32.7. The lowest BCUT2D eigenvalue weighted by Crippen LogP contribution is -2.13. The minimum atomic E-state index is -3.81. The number of aromatic nitrogens is 3. The normalized spacial score (nSPS) is 12.9. The lowest BCUT2D eigenvalue weighted by Gasteiger charge is -2.22. The van der Waals surface area contributed by atoms with Crippen molar-refractivity contribution in [2.24, 2.45) is 14.1 Å². The standard InChI is InChI=1S/C47H42N4O2S/c1-46(2,3)34-25-38-42(40-32-13-9-11-15-36(32)49(7)44(34)40)43-39(26-35(47(4,5)6)45-41(43)33-14-10-12-16-37(33)50(45)8)51(38)29-19-23-31(24-20-29)54(52,53)30-21-17-28(27-48)18-22-30/h9-26H,1-8H3. The second-order valence-electron chi connectivity index (χ2n) is 16.7. The Bertz CT molecular complexity index is 3040. The largest absolute Gasteiger partial charge is 0.343 e. The SMILES string of the molecule is Cn1c2ccccc2c2c3c4c5c6ccccc6n(C)c5c(C(C)(C)C)cc4n(-c4ccc(S(=O)(=O)c5ccc(C#N)cc5)cc4)c3cc(C(C)(C)C)c21. The molecule has 0 N–H and O–H groups in total. The molecule has 54 heavy (non-hydrogen) atoms. The number of nitriles is 1. The summed E-state index contributed by atoms with van der Waals surface area (Å²) in [6, 6.07) is 37.6. The van der Waals surface area contributed by atoms with Gasteiger partial charge in [-0.1, -0.05) is 77.9 Å². The van der Waals surface area contributed by atoms with E-state index in [0.717, 1.165) is 16.7 Å². The van der Waals surface area contributed by atoms with Gasteiger partial charge in [-0.2, -0.15) is 5.26 Å². The molecule has 268 valence electrons. The molecule has 0 spiro atoms. The molecule has 0 atom stereocenters. The first-order chi connectivity index (χ1) is 25.6. The monoisotopic (exact) mass is 726 g/mol. The summed E-state index contributed by atoms with van der Waals surface area (Å²) in [5.41, 5.74) is 10.4. The Morgan fingerprint density at radius 2 is 0.944 bits per heavy atom. The van der Waals surface area contributed by atoms with Crippen molar-refractivity contribution in [2.45, 2.75) is 62.2 Å². The number of hydrogen-bond acceptors (Lipinski definition) is 3. The second kappa shape index (κ2) is 11.3. The molecular weight excluding hydrogens is 685 g/mol. The van der Waals surface area contributed by atoms with Gasteiger partial charge in [0, 0.05) is 63.1 Å². The number of nitrogens with zero attached hydrogens (tertiary/aromatic N) is 4. The van der Waals surface area contributed by atoms with Crippen molar-refractivity contribution in [1.82, 2.24) is 13.7 Å². The highest BCUT2D eigenvalue weighted by molar-refractivity contribution is 7.91. The molecule has 0 aliphatic rings. The fraction of sp³-hybridized carbons (Fsp3) is 0.213. The molecule has 7 heteroatoms. The summed E-state index contributed by atoms with van der Waals surface area (Å²) in [4.78, 5) is 0.364. The Labute approximate surface area is 315 Å². The van der Waals surface area contributed by atoms with Gasteiger partial charge in [-0.3, -0.25) is 0 Å². The van der Waals surface area contributed by atoms with Crippen LogP contribution in [0.5, 0.6) is 0 Å². The Balaban J connectivity index is 1.49. The van der Waals surface area contributed by atoms with Gasteiger partial charge in [-0.05, 0) is 94.8 Å². The van der Waals surface area contributed by atoms with Crippen LogP contribution >= 0.6 is 0 Å². The number of aryl methyl sites for hydroxylation is 2. The molecule has 3 aromatic heterocycles. The van der Waals surface area contributed by atoms with Gasteiger partial charge < -0.3 is 13.7 Å². The fourth-order valence-electron chi connectivity index (χ4n) is 8.76. The third-order valence-electron chi connectivity index (χ3n) is 11.3. The summed E-state index contributed by atoms with van der Waals surface area (Å²) >= 11 is 0. The van der Waals surface area contributed by atoms with Crippen molar-refractivity contribution in [3.05, 3.63) is 126 Å². The van der Waals surface area contributed by atoms with Gasteiger partial charge >= 0.3 is 0 Å². The van der Waals surface area contributed by atoms with Gasteiger partial charge in [0.25, 0.3) is 0 Å². The highest BCUT2D eigenvalue weighted by Gasteiger charge is 2.31. The van der Waals surface area contributed by atoms with Gasteiger partial charge in [0.2, 0.25) is 9.84 Å². The van der Waals surface area contributed by atoms with Crippen LogP contribution in [-0.4, -0.2) is 22.1 Å². The molecule has 0 aliphatic heterocycles. The van der Waals surface area contributed by atoms with E-state index in [4.69, 9.17) is 0 Å². The van der Waals surface area contributed by atoms with E-state index in [1.807, 2.05) is 12.1 Å². The molecule has 6 aromatic carbocycles. The van der Waals surface area contributed by atoms with E-state index in [1.54, 1.807) is 24.3 Å². The number of rotatable bonds is 3. The van der Waals surface area contributed by atoms with Gasteiger partial charge in [-0.25, -0.2) is 8.42 Å². The van der Waals surface area contributed by atoms with E-state index < -0.39 is 9.84 Å². The first kappa shape index (κ1) is 34.0. The molecule has 6 nitrogen and oxygen atoms in total. The van der Waals surface area contributed by atoms with Gasteiger partial charge in [0.1, 0.15) is 0 Å². The number of para-hydroxylation sites is 2. The minimum Gasteiger partial charge on any atom is -0.343 e. The molecule has 0 saturated heterocycles. The molecule has 0 saturated carbocycles. The zero-order valence-electron chi connectivity index (χ0n) is 31.9. The molecule has 9 aromatic rings. The quantitative estimate of drug-likeness (QED) is 0.182. The summed E-state index contributed by atoms with van der Waals surface area (Å²) in [6.45, 7) is 13.7. The van der Waals surface area contributed by atoms with Crippen molar-refractivity contribution >= 4 is 75.3 Å². The van der Waals surface area contributed by atoms with Crippen LogP contribution in [0.25, 0.3) is 71.1 Å². The lowest BCUT2D eigenvalue weighted by atomic mass is 9.83. The first-order valence-electron chi connectivity index (χ1n) is 18.4. The molecule has 0 unspecified atom stereocenters. The smallest absolute Gasteiger partial charge is 0.206 e. The predicted octanol–water partition coefficient (Wildman–Crippen LogP) is 11.4. The number of benzene rings is 6. The molecule has 3 heterocycles. The van der Waals surface area contributed by atoms with E-state index in [0.29, 0.717) is 5.56 Å². The van der Waals surface area contributed by atoms with Crippen LogP contribution < -0.4 is 0 Å². The van der Waals surface area contributed by atoms with Crippen LogP contribution in [0.4, 0.5) is 0 Å². The van der Waals surface area contributed by atoms with Crippen LogP contribution in [0.1, 0.15) is 58.2 Å². The highest BCUT2D eigenvalue weighted by Crippen LogP contribution is 2.50. The van der Waals surface area contributed by atoms with E-state index >= 15 is 0 Å². The third kappa shape index (κ3) is 4.66. The van der Waals surface area contributed by atoms with Crippen molar-refractivity contribution in [3.63, 3.8) is 0 Å². The van der Waals surface area contributed by atoms with E-state index in [9.17, 15) is 13.7 Å². The summed E-state index contributed by atoms with van der Waals surface area (Å²) < 4.78 is 34.7. The Morgan fingerprint density at radius 3 is 1.35 bits per heavy atom. The summed E-state index contributed by atoms with van der Waals surface area (Å²) in [7, 11) is 0.556. The number of hydrogen-bond donors (Lipinski definition) is 0. The molecule has 0 radical (unpaired) electrons. The van der Waals surface area contributed by atoms with Crippen LogP contribution in [0.2, 0.25) is 0 Å². The Morgan fingerprint density at radius 1 is 0.537 bits per heavy atom. The predicted molar refractivity (Wildman–Crippen MR) is 223 cm³/mol. The van der Waals surface area contributed by atoms with Crippen molar-refractivity contribution < 1.29 is 8.42 Å². The summed E-state index contributed by atoms with van der Waals surface area (Å²) in [6.07, 6.45) is 0. The van der Waals surface area contributed by atoms with Gasteiger partial charge in [0.05, 0.1) is 43.5 Å². The average molecular weight is 727 g/mol. The summed E-state index contributed by atoms with van der Waals surface area (Å²) in [5, 5.41) is 16.5. The molecular formula is C47H42N4O2S. The maximum Gasteiger partial charge on any atom is 0.206 e. The van der Waals surface area contributed by atoms with E-state index in [-0.39, 0.29) is 20.6 Å². The minimum absolute atomic E-state index is 0.160. The summed E-state index contributed by atoms with van der Waals surface area (Å²) in [5.74, 6) is 0. The topological polar surface area (TPSA) is 72.7 Å². The van der Waals surface area contributed by atoms with Crippen LogP contribution in [0.15, 0.2) is 119 Å². The third-order valence-corrected chi connectivity index (χ3v) is 13.1. The Hall–Kier alpha value is -5.84. The van der Waals surface area contributed by atoms with E-state index in [1.165, 1.54) is 77.6 Å². The Kier molecular flexibility index (Phi) is 7.13. The van der Waals surface area contributed by atoms with E-state index in [2.05, 4.69) is 136 Å². The highest BCUT2D eigenvalue weighted by atomic mass is 32.2. The molecule has 0 amide bonds. The number of sulfone groups is 1. The lowest BCUT2D eigenvalue weighted by molar-refractivity contribution is 0.593. The molecule has 0 fully saturated rings. The molecule has 0 bridgehead atoms. The second-order valence-corrected chi connectivity index (χ2v) is 18.7.